The van der Waals surface area contributed by atoms with Gasteiger partial charge in [0, 0.05) is 18.5 Å². The first-order chi connectivity index (χ1) is 10.8. The van der Waals surface area contributed by atoms with Gasteiger partial charge in [-0.3, -0.25) is 0 Å². The minimum Gasteiger partial charge on any atom is -0.493 e. The second-order valence-corrected chi connectivity index (χ2v) is 7.09. The fraction of sp³-hybridized carbons (Fsp3) is 0.611. The summed E-state index contributed by atoms with van der Waals surface area (Å²) in [5.41, 5.74) is 0.241. The molecule has 0 fully saturated rings. The van der Waals surface area contributed by atoms with E-state index in [2.05, 4.69) is 11.4 Å². The van der Waals surface area contributed by atoms with Crippen LogP contribution in [-0.2, 0) is 0 Å². The molecule has 5 nitrogen and oxygen atoms in total. The molecule has 1 atom stereocenters. The summed E-state index contributed by atoms with van der Waals surface area (Å²) in [6, 6.07) is 7.88. The molecule has 2 rings (SSSR count). The summed E-state index contributed by atoms with van der Waals surface area (Å²) in [5, 5.41) is 13.0. The number of ether oxygens (including phenoxy) is 1. The Balaban J connectivity index is 1.98. The van der Waals surface area contributed by atoms with E-state index in [1.54, 1.807) is 18.7 Å². The van der Waals surface area contributed by atoms with Crippen LogP contribution in [0, 0.1) is 0 Å². The zero-order valence-electron chi connectivity index (χ0n) is 14.5. The Morgan fingerprint density at radius 2 is 2.13 bits per heavy atom. The van der Waals surface area contributed by atoms with Crippen LogP contribution in [0.5, 0.6) is 5.75 Å². The van der Waals surface area contributed by atoms with Crippen LogP contribution < -0.4 is 10.1 Å². The van der Waals surface area contributed by atoms with E-state index in [4.69, 9.17) is 4.74 Å². The van der Waals surface area contributed by atoms with Gasteiger partial charge in [-0.1, -0.05) is 18.2 Å². The molecule has 0 spiro atoms. The average molecular weight is 320 g/mol. The van der Waals surface area contributed by atoms with Crippen LogP contribution in [0.25, 0.3) is 0 Å². The summed E-state index contributed by atoms with van der Waals surface area (Å²) in [4.78, 5) is 14.2. The van der Waals surface area contributed by atoms with E-state index in [9.17, 15) is 9.90 Å². The van der Waals surface area contributed by atoms with E-state index in [0.29, 0.717) is 19.7 Å². The lowest BCUT2D eigenvalue weighted by atomic mass is 9.93. The zero-order chi connectivity index (χ0) is 17.0. The standard InChI is InChI=1S/C18H28N2O3/c1-13(2)20(12-18(3,4)22)17(21)19-11-14-9-10-23-16-8-6-5-7-15(14)16/h5-8,13-14,22H,9-12H2,1-4H3,(H,19,21). The molecule has 1 aromatic carbocycles. The quantitative estimate of drug-likeness (QED) is 0.877. The first-order valence-electron chi connectivity index (χ1n) is 8.26. The second kappa shape index (κ2) is 7.21. The number of hydrogen-bond donors (Lipinski definition) is 2. The lowest BCUT2D eigenvalue weighted by Gasteiger charge is -2.33. The van der Waals surface area contributed by atoms with Crippen LogP contribution >= 0.6 is 0 Å². The Kier molecular flexibility index (Phi) is 5.52. The molecule has 0 bridgehead atoms. The van der Waals surface area contributed by atoms with Crippen LogP contribution in [-0.4, -0.2) is 47.4 Å². The molecular weight excluding hydrogens is 292 g/mol. The fourth-order valence-corrected chi connectivity index (χ4v) is 2.85. The topological polar surface area (TPSA) is 61.8 Å². The van der Waals surface area contributed by atoms with Crippen LogP contribution in [0.2, 0.25) is 0 Å². The number of carbonyl (C=O) groups is 1. The SMILES string of the molecule is CC(C)N(CC(C)(C)O)C(=O)NCC1CCOc2ccccc21. The number of para-hydroxylation sites is 1. The number of aliphatic hydroxyl groups is 1. The van der Waals surface area contributed by atoms with Crippen LogP contribution in [0.15, 0.2) is 24.3 Å². The van der Waals surface area contributed by atoms with E-state index in [1.165, 1.54) is 0 Å². The maximum atomic E-state index is 12.5. The van der Waals surface area contributed by atoms with Crippen molar-refractivity contribution < 1.29 is 14.6 Å². The highest BCUT2D eigenvalue weighted by molar-refractivity contribution is 5.74. The number of amides is 2. The second-order valence-electron chi connectivity index (χ2n) is 7.09. The molecule has 1 aliphatic rings. The molecule has 1 heterocycles. The number of nitrogens with one attached hydrogen (secondary N) is 1. The Morgan fingerprint density at radius 1 is 1.43 bits per heavy atom. The third-order valence-electron chi connectivity index (χ3n) is 4.02. The summed E-state index contributed by atoms with van der Waals surface area (Å²) < 4.78 is 5.66. The highest BCUT2D eigenvalue weighted by Gasteiger charge is 2.26. The molecule has 0 saturated carbocycles. The summed E-state index contributed by atoms with van der Waals surface area (Å²) in [6.07, 6.45) is 0.893. The normalized spacial score (nSPS) is 17.4. The molecule has 2 N–H and O–H groups in total. The van der Waals surface area contributed by atoms with Crippen molar-refractivity contribution >= 4 is 6.03 Å². The van der Waals surface area contributed by atoms with Crippen molar-refractivity contribution in [2.75, 3.05) is 19.7 Å². The Morgan fingerprint density at radius 3 is 2.78 bits per heavy atom. The largest absolute Gasteiger partial charge is 0.493 e. The van der Waals surface area contributed by atoms with E-state index in [-0.39, 0.29) is 18.0 Å². The van der Waals surface area contributed by atoms with Crippen molar-refractivity contribution in [3.05, 3.63) is 29.8 Å². The predicted molar refractivity (Wildman–Crippen MR) is 90.8 cm³/mol. The fourth-order valence-electron chi connectivity index (χ4n) is 2.85. The van der Waals surface area contributed by atoms with Gasteiger partial charge in [-0.05, 0) is 45.7 Å². The Labute approximate surface area is 138 Å². The van der Waals surface area contributed by atoms with Crippen molar-refractivity contribution in [2.45, 2.75) is 51.7 Å². The highest BCUT2D eigenvalue weighted by Crippen LogP contribution is 2.32. The van der Waals surface area contributed by atoms with Crippen molar-refractivity contribution in [1.29, 1.82) is 0 Å². The minimum absolute atomic E-state index is 0.0309. The Hall–Kier alpha value is -1.75. The summed E-state index contributed by atoms with van der Waals surface area (Å²) in [6.45, 7) is 8.89. The van der Waals surface area contributed by atoms with Crippen LogP contribution in [0.1, 0.15) is 45.6 Å². The third-order valence-corrected chi connectivity index (χ3v) is 4.02. The van der Waals surface area contributed by atoms with E-state index >= 15 is 0 Å². The first-order valence-corrected chi connectivity index (χ1v) is 8.26. The molecule has 23 heavy (non-hydrogen) atoms. The minimum atomic E-state index is -0.910. The number of fused-ring (bicyclic) bond motifs is 1. The van der Waals surface area contributed by atoms with Crippen molar-refractivity contribution in [2.24, 2.45) is 0 Å². The molecule has 1 unspecified atom stereocenters. The van der Waals surface area contributed by atoms with Gasteiger partial charge in [-0.15, -0.1) is 0 Å². The van der Waals surface area contributed by atoms with Gasteiger partial charge in [-0.2, -0.15) is 0 Å². The number of rotatable bonds is 5. The molecule has 0 saturated heterocycles. The molecular formula is C18H28N2O3. The monoisotopic (exact) mass is 320 g/mol. The third kappa shape index (κ3) is 4.86. The molecule has 128 valence electrons. The molecule has 0 aromatic heterocycles. The number of carbonyl (C=O) groups excluding carboxylic acids is 1. The molecule has 1 aliphatic heterocycles. The molecule has 2 amide bonds. The summed E-state index contributed by atoms with van der Waals surface area (Å²) >= 11 is 0. The van der Waals surface area contributed by atoms with Crippen molar-refractivity contribution in [1.82, 2.24) is 10.2 Å². The first kappa shape index (κ1) is 17.6. The van der Waals surface area contributed by atoms with Crippen molar-refractivity contribution in [3.63, 3.8) is 0 Å². The average Bonchev–Trinajstić information content (AvgIpc) is 2.49. The highest BCUT2D eigenvalue weighted by atomic mass is 16.5. The van der Waals surface area contributed by atoms with E-state index < -0.39 is 5.60 Å². The van der Waals surface area contributed by atoms with Gasteiger partial charge in [-0.25, -0.2) is 4.79 Å². The lowest BCUT2D eigenvalue weighted by Crippen LogP contribution is -2.50. The van der Waals surface area contributed by atoms with Gasteiger partial charge in [0.05, 0.1) is 18.8 Å². The van der Waals surface area contributed by atoms with Gasteiger partial charge < -0.3 is 20.1 Å². The summed E-state index contributed by atoms with van der Waals surface area (Å²) in [7, 11) is 0. The van der Waals surface area contributed by atoms with Gasteiger partial charge in [0.2, 0.25) is 0 Å². The number of benzene rings is 1. The van der Waals surface area contributed by atoms with Gasteiger partial charge in [0.25, 0.3) is 0 Å². The number of nitrogens with zero attached hydrogens (tertiary/aromatic N) is 1. The van der Waals surface area contributed by atoms with E-state index in [0.717, 1.165) is 17.7 Å². The van der Waals surface area contributed by atoms with Crippen LogP contribution in [0.4, 0.5) is 4.79 Å². The smallest absolute Gasteiger partial charge is 0.317 e. The van der Waals surface area contributed by atoms with Crippen molar-refractivity contribution in [3.8, 4) is 5.75 Å². The maximum absolute atomic E-state index is 12.5. The maximum Gasteiger partial charge on any atom is 0.317 e. The molecule has 0 radical (unpaired) electrons. The van der Waals surface area contributed by atoms with Crippen LogP contribution in [0.3, 0.4) is 0 Å². The number of hydrogen-bond acceptors (Lipinski definition) is 3. The Bertz CT molecular complexity index is 537. The van der Waals surface area contributed by atoms with Gasteiger partial charge in [0.15, 0.2) is 0 Å². The molecule has 5 heteroatoms. The summed E-state index contributed by atoms with van der Waals surface area (Å²) in [5.74, 6) is 1.18. The molecule has 1 aromatic rings. The lowest BCUT2D eigenvalue weighted by molar-refractivity contribution is 0.0387. The molecule has 0 aliphatic carbocycles. The van der Waals surface area contributed by atoms with E-state index in [1.807, 2.05) is 32.0 Å². The number of urea groups is 1. The van der Waals surface area contributed by atoms with Gasteiger partial charge in [0.1, 0.15) is 5.75 Å². The zero-order valence-corrected chi connectivity index (χ0v) is 14.5. The predicted octanol–water partition coefficient (Wildman–Crippen LogP) is 2.74. The van der Waals surface area contributed by atoms with Gasteiger partial charge >= 0.3 is 6.03 Å².